The molecule has 0 aliphatic heterocycles. The Bertz CT molecular complexity index is 119. The topological polar surface area (TPSA) is 35.2 Å². The molecular weight excluding hydrogens is 150 g/mol. The van der Waals surface area contributed by atoms with Gasteiger partial charge >= 0.3 is 0 Å². The van der Waals surface area contributed by atoms with Gasteiger partial charge in [0.15, 0.2) is 0 Å². The van der Waals surface area contributed by atoms with Crippen molar-refractivity contribution >= 4 is 0 Å². The minimum absolute atomic E-state index is 0.162. The zero-order valence-electron chi connectivity index (χ0n) is 8.42. The van der Waals surface area contributed by atoms with Gasteiger partial charge < -0.3 is 10.5 Å². The van der Waals surface area contributed by atoms with Gasteiger partial charge in [-0.15, -0.1) is 0 Å². The second-order valence-corrected chi connectivity index (χ2v) is 3.54. The fraction of sp³-hybridized carbons (Fsp3) is 0.800. The first kappa shape index (κ1) is 11.7. The predicted octanol–water partition coefficient (Wildman–Crippen LogP) is 1.95. The van der Waals surface area contributed by atoms with Crippen LogP contribution in [0.2, 0.25) is 0 Å². The molecule has 1 atom stereocenters. The van der Waals surface area contributed by atoms with Gasteiger partial charge in [-0.3, -0.25) is 0 Å². The van der Waals surface area contributed by atoms with Crippen LogP contribution in [0.3, 0.4) is 0 Å². The lowest BCUT2D eigenvalue weighted by molar-refractivity contribution is 0.114. The van der Waals surface area contributed by atoms with Crippen molar-refractivity contribution in [2.75, 3.05) is 13.2 Å². The van der Waals surface area contributed by atoms with Crippen LogP contribution in [0.1, 0.15) is 27.2 Å². The smallest absolute Gasteiger partial charge is 0.0500 e. The molecule has 0 aromatic heterocycles. The zero-order chi connectivity index (χ0) is 9.40. The van der Waals surface area contributed by atoms with Crippen molar-refractivity contribution in [3.8, 4) is 0 Å². The highest BCUT2D eigenvalue weighted by Gasteiger charge is 1.91. The first-order valence-electron chi connectivity index (χ1n) is 4.63. The largest absolute Gasteiger partial charge is 0.381 e. The van der Waals surface area contributed by atoms with Crippen LogP contribution in [0.5, 0.6) is 0 Å². The van der Waals surface area contributed by atoms with Crippen LogP contribution in [0, 0.1) is 5.92 Å². The van der Waals surface area contributed by atoms with Gasteiger partial charge in [0.2, 0.25) is 0 Å². The van der Waals surface area contributed by atoms with E-state index in [1.165, 1.54) is 0 Å². The van der Waals surface area contributed by atoms with E-state index in [2.05, 4.69) is 19.9 Å². The molecule has 2 N–H and O–H groups in total. The standard InChI is InChI=1S/C10H21NO/c1-9(2)8-12-7-5-4-6-10(3)11/h4,6,9-10H,5,7-8,11H2,1-3H3/b6-4+. The molecule has 0 saturated heterocycles. The summed E-state index contributed by atoms with van der Waals surface area (Å²) in [6.45, 7) is 7.93. The maximum Gasteiger partial charge on any atom is 0.0500 e. The Morgan fingerprint density at radius 3 is 2.50 bits per heavy atom. The lowest BCUT2D eigenvalue weighted by Gasteiger charge is -2.04. The number of nitrogens with two attached hydrogens (primary N) is 1. The van der Waals surface area contributed by atoms with E-state index in [1.807, 2.05) is 13.0 Å². The highest BCUT2D eigenvalue weighted by atomic mass is 16.5. The Balaban J connectivity index is 3.11. The number of ether oxygens (including phenoxy) is 1. The Kier molecular flexibility index (Phi) is 7.11. The van der Waals surface area contributed by atoms with Gasteiger partial charge in [-0.2, -0.15) is 0 Å². The van der Waals surface area contributed by atoms with Crippen molar-refractivity contribution < 1.29 is 4.74 Å². The van der Waals surface area contributed by atoms with Crippen molar-refractivity contribution in [1.82, 2.24) is 0 Å². The average Bonchev–Trinajstić information content (AvgIpc) is 1.95. The second-order valence-electron chi connectivity index (χ2n) is 3.54. The number of hydrogen-bond donors (Lipinski definition) is 1. The molecule has 0 rings (SSSR count). The van der Waals surface area contributed by atoms with Crippen LogP contribution < -0.4 is 5.73 Å². The third kappa shape index (κ3) is 9.66. The van der Waals surface area contributed by atoms with Crippen LogP contribution in [0.4, 0.5) is 0 Å². The number of hydrogen-bond acceptors (Lipinski definition) is 2. The summed E-state index contributed by atoms with van der Waals surface area (Å²) >= 11 is 0. The highest BCUT2D eigenvalue weighted by molar-refractivity contribution is 4.88. The summed E-state index contributed by atoms with van der Waals surface area (Å²) in [5.74, 6) is 0.627. The maximum atomic E-state index is 5.53. The highest BCUT2D eigenvalue weighted by Crippen LogP contribution is 1.94. The third-order valence-corrected chi connectivity index (χ3v) is 1.32. The molecule has 0 aliphatic carbocycles. The monoisotopic (exact) mass is 171 g/mol. The van der Waals surface area contributed by atoms with E-state index in [4.69, 9.17) is 10.5 Å². The predicted molar refractivity (Wildman–Crippen MR) is 53.1 cm³/mol. The van der Waals surface area contributed by atoms with Crippen molar-refractivity contribution in [2.24, 2.45) is 11.7 Å². The molecule has 0 aromatic carbocycles. The Morgan fingerprint density at radius 2 is 2.00 bits per heavy atom. The molecule has 1 unspecified atom stereocenters. The van der Waals surface area contributed by atoms with Gasteiger partial charge in [-0.25, -0.2) is 0 Å². The first-order valence-corrected chi connectivity index (χ1v) is 4.63. The molecule has 0 aliphatic rings. The summed E-state index contributed by atoms with van der Waals surface area (Å²) in [5.41, 5.74) is 5.53. The molecule has 2 nitrogen and oxygen atoms in total. The van der Waals surface area contributed by atoms with Crippen LogP contribution in [-0.4, -0.2) is 19.3 Å². The summed E-state index contributed by atoms with van der Waals surface area (Å²) in [6.07, 6.45) is 5.04. The average molecular weight is 171 g/mol. The van der Waals surface area contributed by atoms with Crippen molar-refractivity contribution in [3.63, 3.8) is 0 Å². The Morgan fingerprint density at radius 1 is 1.33 bits per heavy atom. The van der Waals surface area contributed by atoms with E-state index in [-0.39, 0.29) is 6.04 Å². The summed E-state index contributed by atoms with van der Waals surface area (Å²) in [7, 11) is 0. The third-order valence-electron chi connectivity index (χ3n) is 1.32. The molecule has 0 spiro atoms. The van der Waals surface area contributed by atoms with Crippen LogP contribution in [0.15, 0.2) is 12.2 Å². The van der Waals surface area contributed by atoms with E-state index < -0.39 is 0 Å². The Labute approximate surface area is 75.8 Å². The van der Waals surface area contributed by atoms with Crippen LogP contribution in [-0.2, 0) is 4.74 Å². The van der Waals surface area contributed by atoms with Gasteiger partial charge in [0.1, 0.15) is 0 Å². The molecule has 12 heavy (non-hydrogen) atoms. The summed E-state index contributed by atoms with van der Waals surface area (Å²) in [6, 6.07) is 0.162. The van der Waals surface area contributed by atoms with Gasteiger partial charge in [-0.1, -0.05) is 26.0 Å². The Hall–Kier alpha value is -0.340. The molecular formula is C10H21NO. The van der Waals surface area contributed by atoms with Gasteiger partial charge in [-0.05, 0) is 19.3 Å². The normalized spacial score (nSPS) is 14.4. The van der Waals surface area contributed by atoms with E-state index in [9.17, 15) is 0 Å². The molecule has 72 valence electrons. The molecule has 0 aromatic rings. The molecule has 0 fully saturated rings. The van der Waals surface area contributed by atoms with Crippen molar-refractivity contribution in [1.29, 1.82) is 0 Å². The van der Waals surface area contributed by atoms with Crippen molar-refractivity contribution in [2.45, 2.75) is 33.2 Å². The van der Waals surface area contributed by atoms with Gasteiger partial charge in [0, 0.05) is 12.6 Å². The van der Waals surface area contributed by atoms with E-state index in [1.54, 1.807) is 0 Å². The van der Waals surface area contributed by atoms with Gasteiger partial charge in [0.25, 0.3) is 0 Å². The summed E-state index contributed by atoms with van der Waals surface area (Å²) in [4.78, 5) is 0. The van der Waals surface area contributed by atoms with E-state index >= 15 is 0 Å². The SMILES string of the molecule is CC(N)/C=C/CCOCC(C)C. The quantitative estimate of drug-likeness (QED) is 0.489. The minimum atomic E-state index is 0.162. The van der Waals surface area contributed by atoms with E-state index in [0.29, 0.717) is 5.92 Å². The molecule has 0 radical (unpaired) electrons. The number of rotatable bonds is 6. The summed E-state index contributed by atoms with van der Waals surface area (Å²) < 4.78 is 5.38. The van der Waals surface area contributed by atoms with Crippen LogP contribution in [0.25, 0.3) is 0 Å². The lowest BCUT2D eigenvalue weighted by atomic mass is 10.2. The second kappa shape index (κ2) is 7.32. The van der Waals surface area contributed by atoms with Crippen molar-refractivity contribution in [3.05, 3.63) is 12.2 Å². The zero-order valence-corrected chi connectivity index (χ0v) is 8.42. The lowest BCUT2D eigenvalue weighted by Crippen LogP contribution is -2.10. The maximum absolute atomic E-state index is 5.53. The van der Waals surface area contributed by atoms with Gasteiger partial charge in [0.05, 0.1) is 6.61 Å². The van der Waals surface area contributed by atoms with Crippen LogP contribution >= 0.6 is 0 Å². The fourth-order valence-electron chi connectivity index (χ4n) is 0.781. The first-order chi connectivity index (χ1) is 5.63. The fourth-order valence-corrected chi connectivity index (χ4v) is 0.781. The van der Waals surface area contributed by atoms with E-state index in [0.717, 1.165) is 19.6 Å². The molecule has 0 saturated carbocycles. The minimum Gasteiger partial charge on any atom is -0.381 e. The molecule has 2 heteroatoms. The molecule has 0 amide bonds. The molecule has 0 heterocycles. The molecule has 0 bridgehead atoms. The summed E-state index contributed by atoms with van der Waals surface area (Å²) in [5, 5.41) is 0.